The Morgan fingerprint density at radius 2 is 0.973 bits per heavy atom. The maximum absolute atomic E-state index is 10.2. The molecule has 0 fully saturated rings. The number of aromatic hydroxyl groups is 2. The fourth-order valence-corrected chi connectivity index (χ4v) is 2.92. The first kappa shape index (κ1) is 33.4. The van der Waals surface area contributed by atoms with Crippen molar-refractivity contribution in [3.8, 4) is 11.5 Å². The highest BCUT2D eigenvalue weighted by Gasteiger charge is 2.22. The fraction of sp³-hybridized carbons (Fsp3) is 0.379. The Kier molecular flexibility index (Phi) is 16.0. The van der Waals surface area contributed by atoms with Gasteiger partial charge in [0.25, 0.3) is 0 Å². The number of hydrogen-bond donors (Lipinski definition) is 6. The van der Waals surface area contributed by atoms with Crippen molar-refractivity contribution >= 4 is 11.9 Å². The number of rotatable bonds is 10. The first-order valence-electron chi connectivity index (χ1n) is 12.0. The van der Waals surface area contributed by atoms with Gasteiger partial charge >= 0.3 is 11.9 Å². The molecule has 0 unspecified atom stereocenters. The van der Waals surface area contributed by atoms with Gasteiger partial charge in [-0.3, -0.25) is 0 Å². The van der Waals surface area contributed by atoms with E-state index in [1.54, 1.807) is 50.3 Å². The molecule has 0 spiro atoms. The molecule has 37 heavy (non-hydrogen) atoms. The second-order valence-electron chi connectivity index (χ2n) is 8.83. The van der Waals surface area contributed by atoms with E-state index in [4.69, 9.17) is 20.4 Å². The van der Waals surface area contributed by atoms with Crippen LogP contribution in [0.2, 0.25) is 0 Å². The summed E-state index contributed by atoms with van der Waals surface area (Å²) >= 11 is 0. The quantitative estimate of drug-likeness (QED) is 0.190. The minimum absolute atomic E-state index is 0.114. The summed E-state index contributed by atoms with van der Waals surface area (Å²) in [5.74, 6) is -1.23. The predicted octanol–water partition coefficient (Wildman–Crippen LogP) is 5.00. The summed E-state index contributed by atoms with van der Waals surface area (Å²) in [7, 11) is 0. The van der Waals surface area contributed by atoms with Crippen LogP contribution in [-0.2, 0) is 15.0 Å². The molecule has 0 aliphatic rings. The monoisotopic (exact) mass is 516 g/mol. The molecule has 0 atom stereocenters. The second kappa shape index (κ2) is 17.8. The number of aliphatic hydroxyl groups excluding tert-OH is 2. The molecular formula is C29H40O8. The molecule has 0 saturated carbocycles. The molecule has 2 rings (SSSR count). The summed E-state index contributed by atoms with van der Waals surface area (Å²) < 4.78 is 0. The van der Waals surface area contributed by atoms with Gasteiger partial charge < -0.3 is 30.6 Å². The van der Waals surface area contributed by atoms with Crippen LogP contribution in [0.15, 0.2) is 71.8 Å². The summed E-state index contributed by atoms with van der Waals surface area (Å²) in [4.78, 5) is 20.3. The molecule has 2 aromatic rings. The van der Waals surface area contributed by atoms with Gasteiger partial charge in [0.15, 0.2) is 0 Å². The van der Waals surface area contributed by atoms with Gasteiger partial charge in [-0.2, -0.15) is 0 Å². The Morgan fingerprint density at radius 3 is 1.22 bits per heavy atom. The third-order valence-corrected chi connectivity index (χ3v) is 5.48. The largest absolute Gasteiger partial charge is 0.508 e. The van der Waals surface area contributed by atoms with E-state index in [1.807, 2.05) is 24.3 Å². The van der Waals surface area contributed by atoms with Crippen molar-refractivity contribution in [3.63, 3.8) is 0 Å². The minimum atomic E-state index is -0.891. The van der Waals surface area contributed by atoms with E-state index < -0.39 is 11.9 Å². The van der Waals surface area contributed by atoms with Crippen molar-refractivity contribution < 1.29 is 40.2 Å². The third kappa shape index (κ3) is 13.9. The number of allylic oxidation sites excluding steroid dienone is 2. The number of aliphatic carboxylic acids is 2. The van der Waals surface area contributed by atoms with Crippen LogP contribution in [0.25, 0.3) is 0 Å². The average molecular weight is 517 g/mol. The Hall–Kier alpha value is -3.62. The van der Waals surface area contributed by atoms with Gasteiger partial charge in [-0.1, -0.05) is 50.3 Å². The maximum atomic E-state index is 10.2. The van der Waals surface area contributed by atoms with Crippen LogP contribution in [-0.4, -0.2) is 55.8 Å². The number of phenolic OH excluding ortho intramolecular Hbond substituents is 2. The zero-order valence-corrected chi connectivity index (χ0v) is 22.0. The Morgan fingerprint density at radius 1 is 0.676 bits per heavy atom. The van der Waals surface area contributed by atoms with Gasteiger partial charge in [0.05, 0.1) is 0 Å². The lowest BCUT2D eigenvalue weighted by atomic mass is 9.78. The molecule has 0 aliphatic heterocycles. The van der Waals surface area contributed by atoms with Crippen LogP contribution in [0.1, 0.15) is 64.5 Å². The van der Waals surface area contributed by atoms with E-state index in [0.29, 0.717) is 36.8 Å². The molecular weight excluding hydrogens is 476 g/mol. The van der Waals surface area contributed by atoms with E-state index in [1.165, 1.54) is 0 Å². The molecule has 8 heteroatoms. The van der Waals surface area contributed by atoms with E-state index in [9.17, 15) is 19.8 Å². The normalized spacial score (nSPS) is 11.5. The van der Waals surface area contributed by atoms with Crippen LogP contribution < -0.4 is 0 Å². The summed E-state index contributed by atoms with van der Waals surface area (Å²) in [6.07, 6.45) is 5.75. The van der Waals surface area contributed by atoms with Gasteiger partial charge in [-0.15, -0.1) is 0 Å². The number of carboxylic acid groups (broad SMARTS) is 2. The molecule has 0 heterocycles. The van der Waals surface area contributed by atoms with Crippen molar-refractivity contribution in [1.29, 1.82) is 0 Å². The second-order valence-corrected chi connectivity index (χ2v) is 8.83. The predicted molar refractivity (Wildman–Crippen MR) is 144 cm³/mol. The minimum Gasteiger partial charge on any atom is -0.508 e. The Balaban J connectivity index is 0.000000564. The molecule has 0 saturated heterocycles. The molecule has 0 aliphatic carbocycles. The van der Waals surface area contributed by atoms with Crippen molar-refractivity contribution in [1.82, 2.24) is 0 Å². The van der Waals surface area contributed by atoms with Crippen LogP contribution >= 0.6 is 0 Å². The van der Waals surface area contributed by atoms with Crippen molar-refractivity contribution in [2.24, 2.45) is 0 Å². The number of unbranched alkanes of at least 4 members (excludes halogenated alkanes) is 2. The SMILES string of the molecule is CC(=CCCCO)C(=O)O.CC(=CCCCO)C(=O)O.CC(C)(c1ccc(O)cc1)c1ccc(O)cc1. The number of hydrogen-bond acceptors (Lipinski definition) is 6. The van der Waals surface area contributed by atoms with Gasteiger partial charge in [0, 0.05) is 29.8 Å². The highest BCUT2D eigenvalue weighted by molar-refractivity contribution is 5.86. The van der Waals surface area contributed by atoms with E-state index >= 15 is 0 Å². The van der Waals surface area contributed by atoms with Gasteiger partial charge in [-0.25, -0.2) is 9.59 Å². The highest BCUT2D eigenvalue weighted by atomic mass is 16.4. The smallest absolute Gasteiger partial charge is 0.330 e. The standard InChI is InChI=1S/C15H16O2.2C7H12O3/c1-15(2,11-3-7-13(16)8-4-11)12-5-9-14(17)10-6-12;2*1-6(7(9)10)4-2-3-5-8/h3-10,16-17H,1-2H3;2*4,8H,2-3,5H2,1H3,(H,9,10). The molecule has 0 bridgehead atoms. The van der Waals surface area contributed by atoms with Gasteiger partial charge in [-0.05, 0) is 74.9 Å². The lowest BCUT2D eigenvalue weighted by Crippen LogP contribution is -2.18. The topological polar surface area (TPSA) is 156 Å². The Bertz CT molecular complexity index is 922. The first-order chi connectivity index (χ1) is 17.4. The summed E-state index contributed by atoms with van der Waals surface area (Å²) in [5.41, 5.74) is 2.78. The summed E-state index contributed by atoms with van der Waals surface area (Å²) in [6, 6.07) is 14.4. The third-order valence-electron chi connectivity index (χ3n) is 5.48. The average Bonchev–Trinajstić information content (AvgIpc) is 2.85. The molecule has 0 amide bonds. The molecule has 2 aromatic carbocycles. The molecule has 8 nitrogen and oxygen atoms in total. The highest BCUT2D eigenvalue weighted by Crippen LogP contribution is 2.32. The zero-order valence-electron chi connectivity index (χ0n) is 22.0. The zero-order chi connectivity index (χ0) is 28.4. The maximum Gasteiger partial charge on any atom is 0.330 e. The number of aliphatic hydroxyl groups is 2. The van der Waals surface area contributed by atoms with E-state index in [-0.39, 0.29) is 30.1 Å². The molecule has 0 radical (unpaired) electrons. The lowest BCUT2D eigenvalue weighted by molar-refractivity contribution is -0.133. The lowest BCUT2D eigenvalue weighted by Gasteiger charge is -2.26. The van der Waals surface area contributed by atoms with Gasteiger partial charge in [0.2, 0.25) is 0 Å². The van der Waals surface area contributed by atoms with Crippen molar-refractivity contribution in [3.05, 3.63) is 83.0 Å². The molecule has 204 valence electrons. The fourth-order valence-electron chi connectivity index (χ4n) is 2.92. The summed E-state index contributed by atoms with van der Waals surface area (Å²) in [5, 5.41) is 52.0. The molecule has 6 N–H and O–H groups in total. The number of phenols is 2. The number of carbonyl (C=O) groups is 2. The first-order valence-corrected chi connectivity index (χ1v) is 12.0. The van der Waals surface area contributed by atoms with Crippen LogP contribution in [0.4, 0.5) is 0 Å². The van der Waals surface area contributed by atoms with Gasteiger partial charge in [0.1, 0.15) is 11.5 Å². The van der Waals surface area contributed by atoms with Crippen LogP contribution in [0, 0.1) is 0 Å². The number of carboxylic acids is 2. The van der Waals surface area contributed by atoms with Crippen LogP contribution in [0.5, 0.6) is 11.5 Å². The van der Waals surface area contributed by atoms with Crippen molar-refractivity contribution in [2.45, 2.75) is 58.8 Å². The molecule has 0 aromatic heterocycles. The van der Waals surface area contributed by atoms with E-state index in [0.717, 1.165) is 11.1 Å². The van der Waals surface area contributed by atoms with Crippen LogP contribution in [0.3, 0.4) is 0 Å². The number of benzene rings is 2. The van der Waals surface area contributed by atoms with Crippen molar-refractivity contribution in [2.75, 3.05) is 13.2 Å². The van der Waals surface area contributed by atoms with E-state index in [2.05, 4.69) is 13.8 Å². The Labute approximate surface area is 218 Å². The summed E-state index contributed by atoms with van der Waals surface area (Å²) in [6.45, 7) is 7.55.